The first-order valence-corrected chi connectivity index (χ1v) is 7.43. The molecular weight excluding hydrogens is 266 g/mol. The summed E-state index contributed by atoms with van der Waals surface area (Å²) in [4.78, 5) is 0. The van der Waals surface area contributed by atoms with Gasteiger partial charge < -0.3 is 21.0 Å². The van der Waals surface area contributed by atoms with E-state index in [4.69, 9.17) is 15.7 Å². The van der Waals surface area contributed by atoms with Crippen LogP contribution < -0.4 is 15.8 Å². The summed E-state index contributed by atoms with van der Waals surface area (Å²) in [6, 6.07) is 5.75. The first-order valence-electron chi connectivity index (χ1n) is 7.43. The minimum absolute atomic E-state index is 0.0662. The normalized spacial score (nSPS) is 17.9. The van der Waals surface area contributed by atoms with Crippen LogP contribution >= 0.6 is 0 Å². The molecule has 1 aromatic carbocycles. The third kappa shape index (κ3) is 3.88. The van der Waals surface area contributed by atoms with Gasteiger partial charge in [0, 0.05) is 13.1 Å². The smallest absolute Gasteiger partial charge is 0.173 e. The molecule has 0 radical (unpaired) electrons. The van der Waals surface area contributed by atoms with Gasteiger partial charge in [0.25, 0.3) is 0 Å². The predicted octanol–water partition coefficient (Wildman–Crippen LogP) is 2.46. The van der Waals surface area contributed by atoms with Crippen LogP contribution in [0.1, 0.15) is 43.7 Å². The first kappa shape index (κ1) is 15.6. The van der Waals surface area contributed by atoms with Crippen molar-refractivity contribution < 1.29 is 9.94 Å². The van der Waals surface area contributed by atoms with Crippen molar-refractivity contribution in [1.82, 2.24) is 5.32 Å². The zero-order valence-corrected chi connectivity index (χ0v) is 12.9. The molecule has 0 atom stereocenters. The van der Waals surface area contributed by atoms with E-state index in [0.29, 0.717) is 16.7 Å². The average Bonchev–Trinajstić information content (AvgIpc) is 2.93. The van der Waals surface area contributed by atoms with Gasteiger partial charge in [-0.1, -0.05) is 31.0 Å². The Bertz CT molecular complexity index is 508. The van der Waals surface area contributed by atoms with Crippen molar-refractivity contribution in [3.05, 3.63) is 29.3 Å². The molecule has 0 spiro atoms. The van der Waals surface area contributed by atoms with E-state index in [-0.39, 0.29) is 5.84 Å². The van der Waals surface area contributed by atoms with E-state index in [0.717, 1.165) is 18.7 Å². The fourth-order valence-corrected chi connectivity index (χ4v) is 3.03. The van der Waals surface area contributed by atoms with Crippen LogP contribution in [0.2, 0.25) is 0 Å². The van der Waals surface area contributed by atoms with Gasteiger partial charge in [-0.05, 0) is 36.0 Å². The molecule has 1 aromatic rings. The number of nitrogens with one attached hydrogen (secondary N) is 1. The molecule has 0 heterocycles. The molecule has 116 valence electrons. The van der Waals surface area contributed by atoms with E-state index in [1.54, 1.807) is 7.11 Å². The summed E-state index contributed by atoms with van der Waals surface area (Å²) >= 11 is 0. The van der Waals surface area contributed by atoms with Crippen LogP contribution in [0, 0.1) is 5.41 Å². The monoisotopic (exact) mass is 291 g/mol. The Balaban J connectivity index is 2.00. The lowest BCUT2D eigenvalue weighted by atomic mass is 9.89. The second kappa shape index (κ2) is 6.80. The van der Waals surface area contributed by atoms with Crippen LogP contribution in [0.15, 0.2) is 23.4 Å². The highest BCUT2D eigenvalue weighted by molar-refractivity contribution is 5.99. The van der Waals surface area contributed by atoms with Crippen LogP contribution in [0.25, 0.3) is 0 Å². The van der Waals surface area contributed by atoms with Crippen LogP contribution in [-0.4, -0.2) is 24.7 Å². The van der Waals surface area contributed by atoms with E-state index >= 15 is 0 Å². The van der Waals surface area contributed by atoms with E-state index < -0.39 is 0 Å². The van der Waals surface area contributed by atoms with Gasteiger partial charge in [0.15, 0.2) is 5.84 Å². The van der Waals surface area contributed by atoms with E-state index in [2.05, 4.69) is 17.4 Å². The molecular formula is C16H25N3O2. The van der Waals surface area contributed by atoms with Crippen LogP contribution in [0.3, 0.4) is 0 Å². The number of amidine groups is 1. The summed E-state index contributed by atoms with van der Waals surface area (Å²) in [5.74, 6) is 0.674. The predicted molar refractivity (Wildman–Crippen MR) is 83.8 cm³/mol. The molecule has 0 bridgehead atoms. The minimum atomic E-state index is 0.0662. The van der Waals surface area contributed by atoms with E-state index in [1.807, 2.05) is 18.2 Å². The molecule has 0 saturated heterocycles. The van der Waals surface area contributed by atoms with E-state index in [9.17, 15) is 0 Å². The molecule has 1 aliphatic carbocycles. The Morgan fingerprint density at radius 1 is 1.43 bits per heavy atom. The summed E-state index contributed by atoms with van der Waals surface area (Å²) < 4.78 is 5.23. The third-order valence-electron chi connectivity index (χ3n) is 4.34. The summed E-state index contributed by atoms with van der Waals surface area (Å²) in [7, 11) is 1.57. The van der Waals surface area contributed by atoms with Crippen LogP contribution in [0.5, 0.6) is 5.75 Å². The molecule has 1 aliphatic rings. The Labute approximate surface area is 126 Å². The van der Waals surface area contributed by atoms with Gasteiger partial charge >= 0.3 is 0 Å². The molecule has 1 fully saturated rings. The maximum absolute atomic E-state index is 8.84. The lowest BCUT2D eigenvalue weighted by Crippen LogP contribution is -2.29. The highest BCUT2D eigenvalue weighted by Crippen LogP contribution is 2.36. The van der Waals surface area contributed by atoms with Crippen LogP contribution in [0.4, 0.5) is 0 Å². The molecule has 5 heteroatoms. The van der Waals surface area contributed by atoms with Gasteiger partial charge in [0.05, 0.1) is 12.7 Å². The summed E-state index contributed by atoms with van der Waals surface area (Å²) in [5.41, 5.74) is 7.83. The maximum Gasteiger partial charge on any atom is 0.173 e. The molecule has 0 aromatic heterocycles. The van der Waals surface area contributed by atoms with Crippen molar-refractivity contribution in [1.29, 1.82) is 0 Å². The first-order chi connectivity index (χ1) is 10.1. The number of oxime groups is 1. The highest BCUT2D eigenvalue weighted by atomic mass is 16.5. The van der Waals surface area contributed by atoms with Gasteiger partial charge in [-0.15, -0.1) is 0 Å². The van der Waals surface area contributed by atoms with Crippen molar-refractivity contribution in [2.24, 2.45) is 16.3 Å². The molecule has 2 rings (SSSR count). The van der Waals surface area contributed by atoms with E-state index in [1.165, 1.54) is 25.7 Å². The SMILES string of the molecule is COc1ccc(CNCC2(C)CCCC2)cc1C(N)=NO. The zero-order chi connectivity index (χ0) is 15.3. The van der Waals surface area contributed by atoms with Crippen LogP contribution in [-0.2, 0) is 6.54 Å². The summed E-state index contributed by atoms with van der Waals surface area (Å²) in [6.45, 7) is 4.14. The average molecular weight is 291 g/mol. The molecule has 0 aliphatic heterocycles. The Kier molecular flexibility index (Phi) is 5.07. The second-order valence-electron chi connectivity index (χ2n) is 6.14. The number of nitrogens with zero attached hydrogens (tertiary/aromatic N) is 1. The summed E-state index contributed by atoms with van der Waals surface area (Å²) in [5, 5.41) is 15.4. The largest absolute Gasteiger partial charge is 0.496 e. The topological polar surface area (TPSA) is 79.9 Å². The van der Waals surface area contributed by atoms with Gasteiger partial charge in [0.1, 0.15) is 5.75 Å². The number of hydrogen-bond acceptors (Lipinski definition) is 4. The lowest BCUT2D eigenvalue weighted by Gasteiger charge is -2.24. The third-order valence-corrected chi connectivity index (χ3v) is 4.34. The Morgan fingerprint density at radius 2 is 2.14 bits per heavy atom. The van der Waals surface area contributed by atoms with Crippen molar-refractivity contribution in [2.75, 3.05) is 13.7 Å². The van der Waals surface area contributed by atoms with Crippen molar-refractivity contribution in [3.63, 3.8) is 0 Å². The highest BCUT2D eigenvalue weighted by Gasteiger charge is 2.27. The number of benzene rings is 1. The van der Waals surface area contributed by atoms with Gasteiger partial charge in [-0.2, -0.15) is 0 Å². The zero-order valence-electron chi connectivity index (χ0n) is 12.9. The van der Waals surface area contributed by atoms with Crippen molar-refractivity contribution in [2.45, 2.75) is 39.2 Å². The Hall–Kier alpha value is -1.75. The van der Waals surface area contributed by atoms with Crippen molar-refractivity contribution in [3.8, 4) is 5.75 Å². The lowest BCUT2D eigenvalue weighted by molar-refractivity contribution is 0.314. The number of nitrogens with two attached hydrogens (primary N) is 1. The minimum Gasteiger partial charge on any atom is -0.496 e. The second-order valence-corrected chi connectivity index (χ2v) is 6.14. The van der Waals surface area contributed by atoms with Gasteiger partial charge in [0.2, 0.25) is 0 Å². The van der Waals surface area contributed by atoms with Gasteiger partial charge in [-0.25, -0.2) is 0 Å². The fourth-order valence-electron chi connectivity index (χ4n) is 3.03. The number of hydrogen-bond donors (Lipinski definition) is 3. The maximum atomic E-state index is 8.84. The molecule has 5 nitrogen and oxygen atoms in total. The number of rotatable bonds is 6. The molecule has 21 heavy (non-hydrogen) atoms. The quantitative estimate of drug-likeness (QED) is 0.325. The number of methoxy groups -OCH3 is 1. The fraction of sp³-hybridized carbons (Fsp3) is 0.562. The van der Waals surface area contributed by atoms with Crippen molar-refractivity contribution >= 4 is 5.84 Å². The Morgan fingerprint density at radius 3 is 2.76 bits per heavy atom. The standard InChI is InChI=1S/C16H25N3O2/c1-16(7-3-4-8-16)11-18-10-12-5-6-14(21-2)13(9-12)15(17)19-20/h5-6,9,18,20H,3-4,7-8,10-11H2,1-2H3,(H2,17,19). The molecule has 1 saturated carbocycles. The summed E-state index contributed by atoms with van der Waals surface area (Å²) in [6.07, 6.45) is 5.29. The van der Waals surface area contributed by atoms with Gasteiger partial charge in [-0.3, -0.25) is 0 Å². The number of ether oxygens (including phenoxy) is 1. The molecule has 4 N–H and O–H groups in total. The molecule has 0 unspecified atom stereocenters. The molecule has 0 amide bonds.